The maximum atomic E-state index is 6.29. The van der Waals surface area contributed by atoms with Crippen LogP contribution in [-0.4, -0.2) is 22.0 Å². The molecule has 0 radical (unpaired) electrons. The summed E-state index contributed by atoms with van der Waals surface area (Å²) in [7, 11) is 0. The van der Waals surface area contributed by atoms with Gasteiger partial charge in [-0.1, -0.05) is 30.4 Å². The van der Waals surface area contributed by atoms with Crippen LogP contribution in [-0.2, 0) is 5.60 Å². The lowest BCUT2D eigenvalue weighted by Crippen LogP contribution is -2.32. The van der Waals surface area contributed by atoms with Crippen LogP contribution in [0.25, 0.3) is 0 Å². The van der Waals surface area contributed by atoms with Crippen LogP contribution in [0.5, 0.6) is 11.5 Å². The second-order valence-electron chi connectivity index (χ2n) is 4.72. The number of ether oxygens (including phenoxy) is 2. The number of hydrogen-bond acceptors (Lipinski definition) is 4. The zero-order valence-electron chi connectivity index (χ0n) is 11.8. The summed E-state index contributed by atoms with van der Waals surface area (Å²) in [6.07, 6.45) is 10.4. The van der Waals surface area contributed by atoms with Gasteiger partial charge in [0.15, 0.2) is 17.1 Å². The minimum Gasteiger partial charge on any atom is -0.490 e. The Hall–Kier alpha value is -2.56. The fraction of sp³-hybridized carbons (Fsp3) is 0.250. The van der Waals surface area contributed by atoms with E-state index in [9.17, 15) is 0 Å². The smallest absolute Gasteiger partial charge is 0.176 e. The number of para-hydroxylation sites is 2. The third kappa shape index (κ3) is 2.67. The average molecular weight is 283 g/mol. The molecule has 5 nitrogen and oxygen atoms in total. The third-order valence-corrected chi connectivity index (χ3v) is 3.32. The summed E-state index contributed by atoms with van der Waals surface area (Å²) in [4.78, 5) is 0. The Morgan fingerprint density at radius 3 is 2.76 bits per heavy atom. The monoisotopic (exact) mass is 283 g/mol. The highest BCUT2D eigenvalue weighted by atomic mass is 16.5. The van der Waals surface area contributed by atoms with E-state index in [0.717, 1.165) is 11.4 Å². The Morgan fingerprint density at radius 2 is 2.10 bits per heavy atom. The van der Waals surface area contributed by atoms with Gasteiger partial charge in [0.05, 0.1) is 12.8 Å². The highest BCUT2D eigenvalue weighted by Crippen LogP contribution is 2.38. The number of allylic oxidation sites excluding steroid dienone is 2. The minimum absolute atomic E-state index is 0.590. The van der Waals surface area contributed by atoms with Crippen LogP contribution < -0.4 is 9.47 Å². The fourth-order valence-electron chi connectivity index (χ4n) is 2.33. The molecule has 0 amide bonds. The van der Waals surface area contributed by atoms with Crippen LogP contribution in [0.2, 0.25) is 0 Å². The van der Waals surface area contributed by atoms with Gasteiger partial charge in [-0.25, -0.2) is 0 Å². The molecular weight excluding hydrogens is 266 g/mol. The highest BCUT2D eigenvalue weighted by molar-refractivity contribution is 5.41. The number of nitrogens with zero attached hydrogens (tertiary/aromatic N) is 2. The number of nitrogens with one attached hydrogen (secondary N) is 1. The SMILES string of the molecule is CCOc1ccccc1OC1(c2cn[nH]n2)C=CC=CC1. The zero-order chi connectivity index (χ0) is 14.5. The molecular formula is C16H17N3O2. The molecule has 1 aliphatic carbocycles. The van der Waals surface area contributed by atoms with Gasteiger partial charge in [-0.2, -0.15) is 15.4 Å². The Kier molecular flexibility index (Phi) is 3.73. The summed E-state index contributed by atoms with van der Waals surface area (Å²) in [6, 6.07) is 7.66. The summed E-state index contributed by atoms with van der Waals surface area (Å²) in [5.74, 6) is 1.42. The van der Waals surface area contributed by atoms with Crippen LogP contribution >= 0.6 is 0 Å². The number of hydrogen-bond donors (Lipinski definition) is 1. The number of rotatable bonds is 5. The molecule has 3 rings (SSSR count). The van der Waals surface area contributed by atoms with Gasteiger partial charge >= 0.3 is 0 Å². The van der Waals surface area contributed by atoms with Gasteiger partial charge in [-0.3, -0.25) is 0 Å². The molecule has 108 valence electrons. The lowest BCUT2D eigenvalue weighted by atomic mass is 9.92. The molecule has 1 aromatic carbocycles. The topological polar surface area (TPSA) is 60.0 Å². The van der Waals surface area contributed by atoms with E-state index in [1.807, 2.05) is 49.4 Å². The molecule has 1 aliphatic rings. The molecule has 1 N–H and O–H groups in total. The second-order valence-corrected chi connectivity index (χ2v) is 4.72. The first-order valence-corrected chi connectivity index (χ1v) is 6.95. The van der Waals surface area contributed by atoms with Crippen LogP contribution in [0.3, 0.4) is 0 Å². The largest absolute Gasteiger partial charge is 0.490 e. The van der Waals surface area contributed by atoms with Gasteiger partial charge in [0.25, 0.3) is 0 Å². The number of aromatic amines is 1. The van der Waals surface area contributed by atoms with Gasteiger partial charge in [-0.05, 0) is 25.1 Å². The quantitative estimate of drug-likeness (QED) is 0.916. The first-order chi connectivity index (χ1) is 10.3. The van der Waals surface area contributed by atoms with Crippen molar-refractivity contribution in [3.8, 4) is 11.5 Å². The summed E-state index contributed by atoms with van der Waals surface area (Å²) in [5, 5.41) is 10.7. The Labute approximate surface area is 123 Å². The maximum Gasteiger partial charge on any atom is 0.176 e. The van der Waals surface area contributed by atoms with Crippen molar-refractivity contribution in [2.24, 2.45) is 0 Å². The molecule has 1 aromatic heterocycles. The van der Waals surface area contributed by atoms with E-state index >= 15 is 0 Å². The van der Waals surface area contributed by atoms with Crippen LogP contribution in [0.15, 0.2) is 54.8 Å². The van der Waals surface area contributed by atoms with E-state index in [-0.39, 0.29) is 0 Å². The van der Waals surface area contributed by atoms with E-state index in [2.05, 4.69) is 21.5 Å². The van der Waals surface area contributed by atoms with E-state index in [1.54, 1.807) is 6.20 Å². The Balaban J connectivity index is 1.97. The molecule has 0 fully saturated rings. The minimum atomic E-state index is -0.658. The van der Waals surface area contributed by atoms with Crippen molar-refractivity contribution in [2.45, 2.75) is 18.9 Å². The predicted octanol–water partition coefficient (Wildman–Crippen LogP) is 2.99. The lowest BCUT2D eigenvalue weighted by Gasteiger charge is -2.30. The Bertz CT molecular complexity index is 649. The number of H-pyrrole nitrogens is 1. The van der Waals surface area contributed by atoms with Crippen LogP contribution in [0.4, 0.5) is 0 Å². The molecule has 0 spiro atoms. The molecule has 1 unspecified atom stereocenters. The van der Waals surface area contributed by atoms with E-state index in [0.29, 0.717) is 18.8 Å². The van der Waals surface area contributed by atoms with Crippen LogP contribution in [0, 0.1) is 0 Å². The molecule has 0 bridgehead atoms. The number of benzene rings is 1. The second kappa shape index (κ2) is 5.83. The van der Waals surface area contributed by atoms with Crippen LogP contribution in [0.1, 0.15) is 19.0 Å². The summed E-state index contributed by atoms with van der Waals surface area (Å²) < 4.78 is 11.9. The molecule has 1 heterocycles. The van der Waals surface area contributed by atoms with Gasteiger partial charge < -0.3 is 9.47 Å². The normalized spacial score (nSPS) is 20.4. The molecule has 0 saturated heterocycles. The molecule has 0 saturated carbocycles. The van der Waals surface area contributed by atoms with Crippen molar-refractivity contribution in [1.29, 1.82) is 0 Å². The first-order valence-electron chi connectivity index (χ1n) is 6.95. The van der Waals surface area contributed by atoms with Crippen molar-refractivity contribution < 1.29 is 9.47 Å². The van der Waals surface area contributed by atoms with Gasteiger partial charge in [0.2, 0.25) is 0 Å². The van der Waals surface area contributed by atoms with Crippen molar-refractivity contribution >= 4 is 0 Å². The van der Waals surface area contributed by atoms with E-state index in [4.69, 9.17) is 9.47 Å². The molecule has 21 heavy (non-hydrogen) atoms. The maximum absolute atomic E-state index is 6.29. The zero-order valence-corrected chi connectivity index (χ0v) is 11.8. The first kappa shape index (κ1) is 13.4. The van der Waals surface area contributed by atoms with E-state index < -0.39 is 5.60 Å². The van der Waals surface area contributed by atoms with Gasteiger partial charge in [0, 0.05) is 6.42 Å². The lowest BCUT2D eigenvalue weighted by molar-refractivity contribution is 0.110. The van der Waals surface area contributed by atoms with Crippen molar-refractivity contribution in [1.82, 2.24) is 15.4 Å². The van der Waals surface area contributed by atoms with Crippen molar-refractivity contribution in [2.75, 3.05) is 6.61 Å². The van der Waals surface area contributed by atoms with Gasteiger partial charge in [-0.15, -0.1) is 0 Å². The molecule has 2 aromatic rings. The predicted molar refractivity (Wildman–Crippen MR) is 79.2 cm³/mol. The molecule has 5 heteroatoms. The van der Waals surface area contributed by atoms with Gasteiger partial charge in [0.1, 0.15) is 5.69 Å². The fourth-order valence-corrected chi connectivity index (χ4v) is 2.33. The van der Waals surface area contributed by atoms with E-state index in [1.165, 1.54) is 0 Å². The average Bonchev–Trinajstić information content (AvgIpc) is 3.06. The number of aromatic nitrogens is 3. The van der Waals surface area contributed by atoms with Crippen molar-refractivity contribution in [3.63, 3.8) is 0 Å². The molecule has 1 atom stereocenters. The standard InChI is InChI=1S/C16H17N3O2/c1-2-20-13-8-4-5-9-14(13)21-16(10-6-3-7-11-16)15-12-17-19-18-15/h3-10,12H,2,11H2,1H3,(H,17,18,19). The highest BCUT2D eigenvalue weighted by Gasteiger charge is 2.35. The summed E-state index contributed by atoms with van der Waals surface area (Å²) in [6.45, 7) is 2.54. The summed E-state index contributed by atoms with van der Waals surface area (Å²) in [5.41, 5.74) is 0.0870. The third-order valence-electron chi connectivity index (χ3n) is 3.32. The summed E-state index contributed by atoms with van der Waals surface area (Å²) >= 11 is 0. The Morgan fingerprint density at radius 1 is 1.24 bits per heavy atom. The molecule has 0 aliphatic heterocycles. The van der Waals surface area contributed by atoms with Crippen molar-refractivity contribution in [3.05, 3.63) is 60.5 Å².